The van der Waals surface area contributed by atoms with Crippen LogP contribution in [0.3, 0.4) is 0 Å². The lowest BCUT2D eigenvalue weighted by Gasteiger charge is -2.50. The van der Waals surface area contributed by atoms with Crippen molar-refractivity contribution >= 4 is 5.91 Å². The van der Waals surface area contributed by atoms with E-state index in [1.54, 1.807) is 15.7 Å². The average molecular weight is 515 g/mol. The third kappa shape index (κ3) is 4.40. The number of nitrogens with one attached hydrogen (secondary N) is 1. The highest BCUT2D eigenvalue weighted by molar-refractivity contribution is 5.92. The summed E-state index contributed by atoms with van der Waals surface area (Å²) in [6.07, 6.45) is 1.56. The summed E-state index contributed by atoms with van der Waals surface area (Å²) < 4.78 is 48.3. The minimum absolute atomic E-state index is 0.0000858. The van der Waals surface area contributed by atoms with Crippen molar-refractivity contribution < 1.29 is 22.7 Å². The highest BCUT2D eigenvalue weighted by Gasteiger charge is 2.48. The topological polar surface area (TPSA) is 59.4 Å². The molecule has 1 spiro atoms. The van der Waals surface area contributed by atoms with Crippen LogP contribution < -0.4 is 5.32 Å². The standard InChI is InChI=1S/C28H33F3N4O2/c1-2-21-14-34(9-8-27(21)12-18-5-3-4-6-19(18)13-32-27)26(36)24-16-35-15-22(28(29,30)31)11-23(25(35)33-24)20-7-10-37-17-20/h2-6,16,20-23,32H,1,7-15,17H2/t20?,21-,22?,23?,27+/m1/s1. The van der Waals surface area contributed by atoms with Crippen LogP contribution in [-0.4, -0.2) is 58.4 Å². The Labute approximate surface area is 214 Å². The Bertz CT molecular complexity index is 1190. The van der Waals surface area contributed by atoms with Gasteiger partial charge in [0, 0.05) is 56.4 Å². The number of alkyl halides is 3. The fourth-order valence-corrected chi connectivity index (χ4v) is 6.89. The van der Waals surface area contributed by atoms with Crippen LogP contribution in [0.4, 0.5) is 13.2 Å². The summed E-state index contributed by atoms with van der Waals surface area (Å²) in [6.45, 7) is 6.74. The molecule has 1 N–H and O–H groups in total. The van der Waals surface area contributed by atoms with Crippen LogP contribution in [0.25, 0.3) is 0 Å². The lowest BCUT2D eigenvalue weighted by atomic mass is 9.71. The molecule has 5 heterocycles. The van der Waals surface area contributed by atoms with Crippen LogP contribution in [0.5, 0.6) is 0 Å². The first-order valence-electron chi connectivity index (χ1n) is 13.2. The van der Waals surface area contributed by atoms with Crippen LogP contribution >= 0.6 is 0 Å². The van der Waals surface area contributed by atoms with Crippen LogP contribution in [-0.2, 0) is 24.2 Å². The molecule has 6 nitrogen and oxygen atoms in total. The lowest BCUT2D eigenvalue weighted by Crippen LogP contribution is -2.62. The molecule has 198 valence electrons. The van der Waals surface area contributed by atoms with Gasteiger partial charge in [-0.3, -0.25) is 4.79 Å². The predicted molar refractivity (Wildman–Crippen MR) is 132 cm³/mol. The molecule has 0 aliphatic carbocycles. The number of benzene rings is 1. The van der Waals surface area contributed by atoms with Gasteiger partial charge in [-0.15, -0.1) is 6.58 Å². The summed E-state index contributed by atoms with van der Waals surface area (Å²) in [6, 6.07) is 8.43. The van der Waals surface area contributed by atoms with Gasteiger partial charge in [-0.1, -0.05) is 30.3 Å². The summed E-state index contributed by atoms with van der Waals surface area (Å²) in [5.74, 6) is -1.38. The Balaban J connectivity index is 1.23. The highest BCUT2D eigenvalue weighted by atomic mass is 19.4. The molecule has 1 aromatic carbocycles. The Morgan fingerprint density at radius 2 is 2.05 bits per heavy atom. The molecule has 3 unspecified atom stereocenters. The molecule has 1 amide bonds. The molecule has 2 aromatic rings. The zero-order valence-corrected chi connectivity index (χ0v) is 20.8. The van der Waals surface area contributed by atoms with E-state index in [0.29, 0.717) is 32.1 Å². The van der Waals surface area contributed by atoms with Crippen molar-refractivity contribution in [3.8, 4) is 0 Å². The van der Waals surface area contributed by atoms with Crippen molar-refractivity contribution in [3.05, 3.63) is 65.8 Å². The fraction of sp³-hybridized carbons (Fsp3) is 0.571. The van der Waals surface area contributed by atoms with Gasteiger partial charge in [-0.2, -0.15) is 13.2 Å². The Kier molecular flexibility index (Phi) is 6.18. The van der Waals surface area contributed by atoms with E-state index >= 15 is 0 Å². The first-order valence-corrected chi connectivity index (χ1v) is 13.2. The predicted octanol–water partition coefficient (Wildman–Crippen LogP) is 4.32. The van der Waals surface area contributed by atoms with Gasteiger partial charge >= 0.3 is 6.18 Å². The molecule has 0 radical (unpaired) electrons. The van der Waals surface area contributed by atoms with Crippen LogP contribution in [0, 0.1) is 17.8 Å². The molecule has 4 aliphatic rings. The van der Waals surface area contributed by atoms with Crippen molar-refractivity contribution in [1.29, 1.82) is 0 Å². The van der Waals surface area contributed by atoms with Gasteiger partial charge in [0.05, 0.1) is 12.5 Å². The molecule has 1 aromatic heterocycles. The molecule has 0 saturated carbocycles. The smallest absolute Gasteiger partial charge is 0.381 e. The number of carbonyl (C=O) groups excluding carboxylic acids is 1. The highest BCUT2D eigenvalue weighted by Crippen LogP contribution is 2.45. The number of imidazole rings is 1. The SMILES string of the molecule is C=C[C@@H]1CN(C(=O)c2cn3c(n2)C(C2CCOC2)CC(C(F)(F)F)C3)CC[C@]12Cc1ccccc1CN2. The summed E-state index contributed by atoms with van der Waals surface area (Å²) in [5.41, 5.74) is 2.71. The number of nitrogens with zero attached hydrogens (tertiary/aromatic N) is 3. The first-order chi connectivity index (χ1) is 17.8. The number of halogens is 3. The largest absolute Gasteiger partial charge is 0.393 e. The van der Waals surface area contributed by atoms with Gasteiger partial charge in [-0.25, -0.2) is 4.98 Å². The van der Waals surface area contributed by atoms with E-state index in [1.807, 2.05) is 6.08 Å². The van der Waals surface area contributed by atoms with Gasteiger partial charge in [0.1, 0.15) is 11.5 Å². The van der Waals surface area contributed by atoms with Gasteiger partial charge in [0.15, 0.2) is 0 Å². The Morgan fingerprint density at radius 3 is 2.78 bits per heavy atom. The zero-order chi connectivity index (χ0) is 25.8. The van der Waals surface area contributed by atoms with E-state index in [2.05, 4.69) is 41.1 Å². The van der Waals surface area contributed by atoms with Crippen LogP contribution in [0.1, 0.15) is 52.6 Å². The molecule has 0 bridgehead atoms. The zero-order valence-electron chi connectivity index (χ0n) is 20.8. The van der Waals surface area contributed by atoms with Crippen molar-refractivity contribution in [3.63, 3.8) is 0 Å². The van der Waals surface area contributed by atoms with Crippen molar-refractivity contribution in [1.82, 2.24) is 19.8 Å². The molecular weight excluding hydrogens is 481 g/mol. The Morgan fingerprint density at radius 1 is 1.24 bits per heavy atom. The second-order valence-corrected chi connectivity index (χ2v) is 11.1. The van der Waals surface area contributed by atoms with Crippen molar-refractivity contribution in [2.75, 3.05) is 26.3 Å². The molecule has 2 saturated heterocycles. The molecule has 5 atom stereocenters. The number of aromatic nitrogens is 2. The van der Waals surface area contributed by atoms with Gasteiger partial charge < -0.3 is 19.5 Å². The molecule has 9 heteroatoms. The minimum atomic E-state index is -4.28. The van der Waals surface area contributed by atoms with Gasteiger partial charge in [0.2, 0.25) is 0 Å². The minimum Gasteiger partial charge on any atom is -0.381 e. The third-order valence-corrected chi connectivity index (χ3v) is 9.09. The number of carbonyl (C=O) groups is 1. The maximum Gasteiger partial charge on any atom is 0.393 e. The summed E-state index contributed by atoms with van der Waals surface area (Å²) in [4.78, 5) is 20.1. The second-order valence-electron chi connectivity index (χ2n) is 11.1. The van der Waals surface area contributed by atoms with E-state index in [0.717, 1.165) is 25.8 Å². The van der Waals surface area contributed by atoms with E-state index < -0.39 is 12.1 Å². The van der Waals surface area contributed by atoms with E-state index in [4.69, 9.17) is 4.74 Å². The number of fused-ring (bicyclic) bond motifs is 2. The number of hydrogen-bond acceptors (Lipinski definition) is 4. The monoisotopic (exact) mass is 514 g/mol. The van der Waals surface area contributed by atoms with Gasteiger partial charge in [-0.05, 0) is 42.7 Å². The summed E-state index contributed by atoms with van der Waals surface area (Å²) >= 11 is 0. The van der Waals surface area contributed by atoms with Gasteiger partial charge in [0.25, 0.3) is 5.91 Å². The number of piperidine rings is 1. The maximum atomic E-state index is 13.7. The van der Waals surface area contributed by atoms with E-state index in [1.165, 1.54) is 11.1 Å². The molecule has 6 rings (SSSR count). The number of amides is 1. The third-order valence-electron chi connectivity index (χ3n) is 9.09. The van der Waals surface area contributed by atoms with Crippen LogP contribution in [0.15, 0.2) is 43.1 Å². The number of ether oxygens (including phenoxy) is 1. The average Bonchev–Trinajstić information content (AvgIpc) is 3.58. The summed E-state index contributed by atoms with van der Waals surface area (Å²) in [7, 11) is 0. The van der Waals surface area contributed by atoms with Crippen molar-refractivity contribution in [2.45, 2.75) is 56.4 Å². The molecular formula is C28H33F3N4O2. The van der Waals surface area contributed by atoms with E-state index in [9.17, 15) is 18.0 Å². The maximum absolute atomic E-state index is 13.7. The fourth-order valence-electron chi connectivity index (χ4n) is 6.89. The summed E-state index contributed by atoms with van der Waals surface area (Å²) in [5, 5.41) is 3.74. The number of rotatable bonds is 3. The normalized spacial score (nSPS) is 31.7. The van der Waals surface area contributed by atoms with Crippen LogP contribution in [0.2, 0.25) is 0 Å². The number of hydrogen-bond donors (Lipinski definition) is 1. The van der Waals surface area contributed by atoms with Crippen molar-refractivity contribution in [2.24, 2.45) is 17.8 Å². The molecule has 2 fully saturated rings. The molecule has 37 heavy (non-hydrogen) atoms. The quantitative estimate of drug-likeness (QED) is 0.620. The molecule has 4 aliphatic heterocycles. The second kappa shape index (κ2) is 9.27. The number of likely N-dealkylation sites (tertiary alicyclic amines) is 1. The first kappa shape index (κ1) is 24.7. The van der Waals surface area contributed by atoms with E-state index in [-0.39, 0.29) is 47.9 Å². The Hall–Kier alpha value is -2.65. The lowest BCUT2D eigenvalue weighted by molar-refractivity contribution is -0.185.